The summed E-state index contributed by atoms with van der Waals surface area (Å²) in [5.74, 6) is 1.48. The molecule has 2 atom stereocenters. The fraction of sp³-hybridized carbons (Fsp3) is 0.231. The summed E-state index contributed by atoms with van der Waals surface area (Å²) in [5, 5.41) is 0. The highest BCUT2D eigenvalue weighted by atomic mass is 16.5. The van der Waals surface area contributed by atoms with Crippen molar-refractivity contribution in [1.29, 1.82) is 0 Å². The molecule has 0 radical (unpaired) electrons. The number of fused-ring (bicyclic) bond motifs is 3. The van der Waals surface area contributed by atoms with Crippen molar-refractivity contribution in [2.45, 2.75) is 18.9 Å². The van der Waals surface area contributed by atoms with Gasteiger partial charge in [0.15, 0.2) is 0 Å². The Balaban J connectivity index is 2.17. The van der Waals surface area contributed by atoms with E-state index < -0.39 is 0 Å². The molecule has 0 amide bonds. The van der Waals surface area contributed by atoms with E-state index in [2.05, 4.69) is 49.4 Å². The standard InChI is InChI=1S/C13H12O/c1-9-5-4-8-12-13(9)10-6-2-3-7-11(10)14-12/h2-8,10-11H,1H3. The molecule has 0 aromatic heterocycles. The quantitative estimate of drug-likeness (QED) is 0.602. The minimum atomic E-state index is 0.219. The second kappa shape index (κ2) is 2.74. The van der Waals surface area contributed by atoms with E-state index in [1.807, 2.05) is 0 Å². The van der Waals surface area contributed by atoms with Crippen LogP contribution in [0.5, 0.6) is 5.75 Å². The average molecular weight is 184 g/mol. The molecule has 1 aliphatic carbocycles. The Morgan fingerprint density at radius 2 is 2.00 bits per heavy atom. The lowest BCUT2D eigenvalue weighted by Crippen LogP contribution is -2.15. The molecule has 1 aromatic carbocycles. The van der Waals surface area contributed by atoms with Crippen LogP contribution < -0.4 is 4.74 Å². The first-order valence-corrected chi connectivity index (χ1v) is 4.97. The molecule has 0 saturated carbocycles. The van der Waals surface area contributed by atoms with Gasteiger partial charge in [0, 0.05) is 11.5 Å². The Morgan fingerprint density at radius 1 is 1.14 bits per heavy atom. The normalized spacial score (nSPS) is 26.9. The molecule has 0 N–H and O–H groups in total. The second-order valence-corrected chi connectivity index (χ2v) is 3.86. The van der Waals surface area contributed by atoms with Crippen LogP contribution in [-0.2, 0) is 0 Å². The summed E-state index contributed by atoms with van der Waals surface area (Å²) in [7, 11) is 0. The predicted molar refractivity (Wildman–Crippen MR) is 56.6 cm³/mol. The average Bonchev–Trinajstić information content (AvgIpc) is 2.57. The maximum absolute atomic E-state index is 5.85. The number of benzene rings is 1. The Bertz CT molecular complexity index is 429. The van der Waals surface area contributed by atoms with Crippen LogP contribution in [0.15, 0.2) is 42.5 Å². The van der Waals surface area contributed by atoms with E-state index in [0.717, 1.165) is 5.75 Å². The van der Waals surface area contributed by atoms with E-state index in [1.165, 1.54) is 11.1 Å². The number of allylic oxidation sites excluding steroid dienone is 2. The van der Waals surface area contributed by atoms with Crippen molar-refractivity contribution in [1.82, 2.24) is 0 Å². The highest BCUT2D eigenvalue weighted by molar-refractivity contribution is 5.50. The third-order valence-corrected chi connectivity index (χ3v) is 2.96. The molecule has 70 valence electrons. The monoisotopic (exact) mass is 184 g/mol. The smallest absolute Gasteiger partial charge is 0.128 e. The summed E-state index contributed by atoms with van der Waals surface area (Å²) in [6.07, 6.45) is 8.73. The van der Waals surface area contributed by atoms with Gasteiger partial charge in [-0.2, -0.15) is 0 Å². The summed E-state index contributed by atoms with van der Waals surface area (Å²) < 4.78 is 5.85. The van der Waals surface area contributed by atoms with Gasteiger partial charge in [-0.25, -0.2) is 0 Å². The van der Waals surface area contributed by atoms with E-state index in [1.54, 1.807) is 0 Å². The third-order valence-electron chi connectivity index (χ3n) is 2.96. The van der Waals surface area contributed by atoms with Gasteiger partial charge in [0.1, 0.15) is 11.9 Å². The molecule has 2 aliphatic rings. The van der Waals surface area contributed by atoms with Crippen molar-refractivity contribution in [2.75, 3.05) is 0 Å². The Hall–Kier alpha value is -1.50. The molecule has 0 saturated heterocycles. The zero-order chi connectivity index (χ0) is 9.54. The van der Waals surface area contributed by atoms with E-state index in [0.29, 0.717) is 5.92 Å². The summed E-state index contributed by atoms with van der Waals surface area (Å²) in [6, 6.07) is 6.26. The Labute approximate surface area is 83.7 Å². The molecule has 0 spiro atoms. The summed E-state index contributed by atoms with van der Waals surface area (Å²) >= 11 is 0. The molecule has 1 aliphatic heterocycles. The first kappa shape index (κ1) is 7.86. The molecule has 1 heteroatoms. The number of ether oxygens (including phenoxy) is 1. The maximum Gasteiger partial charge on any atom is 0.128 e. The number of aryl methyl sites for hydroxylation is 1. The molecule has 14 heavy (non-hydrogen) atoms. The molecule has 0 fully saturated rings. The highest BCUT2D eigenvalue weighted by Gasteiger charge is 2.32. The fourth-order valence-corrected chi connectivity index (χ4v) is 2.29. The summed E-state index contributed by atoms with van der Waals surface area (Å²) in [6.45, 7) is 2.15. The molecular formula is C13H12O. The van der Waals surface area contributed by atoms with E-state index in [9.17, 15) is 0 Å². The van der Waals surface area contributed by atoms with Crippen LogP contribution in [0.2, 0.25) is 0 Å². The van der Waals surface area contributed by atoms with Gasteiger partial charge in [0.2, 0.25) is 0 Å². The molecule has 1 aromatic rings. The summed E-state index contributed by atoms with van der Waals surface area (Å²) in [4.78, 5) is 0. The van der Waals surface area contributed by atoms with Crippen molar-refractivity contribution in [3.63, 3.8) is 0 Å². The maximum atomic E-state index is 5.85. The first-order chi connectivity index (χ1) is 6.86. The lowest BCUT2D eigenvalue weighted by molar-refractivity contribution is 0.269. The largest absolute Gasteiger partial charge is 0.485 e. The Kier molecular flexibility index (Phi) is 1.54. The zero-order valence-electron chi connectivity index (χ0n) is 8.10. The number of rotatable bonds is 0. The zero-order valence-corrected chi connectivity index (χ0v) is 8.10. The SMILES string of the molecule is Cc1cccc2c1C1C=CC=CC1O2. The van der Waals surface area contributed by atoms with Gasteiger partial charge in [-0.3, -0.25) is 0 Å². The lowest BCUT2D eigenvalue weighted by atomic mass is 9.89. The van der Waals surface area contributed by atoms with Crippen LogP contribution in [0.3, 0.4) is 0 Å². The van der Waals surface area contributed by atoms with Crippen molar-refractivity contribution in [3.8, 4) is 5.75 Å². The van der Waals surface area contributed by atoms with Gasteiger partial charge in [-0.05, 0) is 24.6 Å². The van der Waals surface area contributed by atoms with Crippen molar-refractivity contribution >= 4 is 0 Å². The van der Waals surface area contributed by atoms with E-state index in [4.69, 9.17) is 4.74 Å². The molecular weight excluding hydrogens is 172 g/mol. The van der Waals surface area contributed by atoms with Crippen LogP contribution in [-0.4, -0.2) is 6.10 Å². The van der Waals surface area contributed by atoms with Crippen molar-refractivity contribution < 1.29 is 4.74 Å². The van der Waals surface area contributed by atoms with Crippen LogP contribution in [0.4, 0.5) is 0 Å². The minimum Gasteiger partial charge on any atom is -0.485 e. The first-order valence-electron chi connectivity index (χ1n) is 4.97. The van der Waals surface area contributed by atoms with Gasteiger partial charge in [0.05, 0.1) is 0 Å². The van der Waals surface area contributed by atoms with Gasteiger partial charge >= 0.3 is 0 Å². The van der Waals surface area contributed by atoms with Gasteiger partial charge < -0.3 is 4.74 Å². The van der Waals surface area contributed by atoms with E-state index in [-0.39, 0.29) is 6.10 Å². The topological polar surface area (TPSA) is 9.23 Å². The van der Waals surface area contributed by atoms with Crippen LogP contribution in [0, 0.1) is 6.92 Å². The van der Waals surface area contributed by atoms with Gasteiger partial charge in [-0.15, -0.1) is 0 Å². The number of hydrogen-bond acceptors (Lipinski definition) is 1. The van der Waals surface area contributed by atoms with Crippen LogP contribution >= 0.6 is 0 Å². The highest BCUT2D eigenvalue weighted by Crippen LogP contribution is 2.42. The fourth-order valence-electron chi connectivity index (χ4n) is 2.29. The molecule has 3 rings (SSSR count). The lowest BCUT2D eigenvalue weighted by Gasteiger charge is -2.14. The van der Waals surface area contributed by atoms with Crippen molar-refractivity contribution in [2.24, 2.45) is 0 Å². The third kappa shape index (κ3) is 0.955. The predicted octanol–water partition coefficient (Wildman–Crippen LogP) is 2.97. The molecule has 1 nitrogen and oxygen atoms in total. The van der Waals surface area contributed by atoms with E-state index >= 15 is 0 Å². The summed E-state index contributed by atoms with van der Waals surface area (Å²) in [5.41, 5.74) is 2.69. The minimum absolute atomic E-state index is 0.219. The van der Waals surface area contributed by atoms with Gasteiger partial charge in [0.25, 0.3) is 0 Å². The van der Waals surface area contributed by atoms with Crippen molar-refractivity contribution in [3.05, 3.63) is 53.6 Å². The molecule has 0 bridgehead atoms. The number of hydrogen-bond donors (Lipinski definition) is 0. The molecule has 1 heterocycles. The second-order valence-electron chi connectivity index (χ2n) is 3.86. The van der Waals surface area contributed by atoms with Crippen LogP contribution in [0.25, 0.3) is 0 Å². The van der Waals surface area contributed by atoms with Gasteiger partial charge in [-0.1, -0.05) is 30.4 Å². The Morgan fingerprint density at radius 3 is 2.93 bits per heavy atom. The van der Waals surface area contributed by atoms with Crippen LogP contribution in [0.1, 0.15) is 17.0 Å². The molecule has 2 unspecified atom stereocenters.